The van der Waals surface area contributed by atoms with Gasteiger partial charge in [-0.2, -0.15) is 0 Å². The third-order valence-electron chi connectivity index (χ3n) is 2.88. The maximum atomic E-state index is 12.1. The van der Waals surface area contributed by atoms with Gasteiger partial charge in [0, 0.05) is 12.0 Å². The normalized spacial score (nSPS) is 10.1. The number of benzene rings is 1. The molecule has 0 atom stereocenters. The molecule has 0 heterocycles. The molecule has 0 N–H and O–H groups in total. The highest BCUT2D eigenvalue weighted by atomic mass is 16.5. The van der Waals surface area contributed by atoms with Gasteiger partial charge in [0.05, 0.1) is 20.1 Å². The van der Waals surface area contributed by atoms with Gasteiger partial charge in [-0.15, -0.1) is 0 Å². The predicted octanol–water partition coefficient (Wildman–Crippen LogP) is 2.84. The molecule has 1 aromatic carbocycles. The molecule has 1 aromatic rings. The molecule has 4 heteroatoms. The van der Waals surface area contributed by atoms with Crippen molar-refractivity contribution in [3.8, 4) is 5.75 Å². The van der Waals surface area contributed by atoms with Crippen LogP contribution in [0.4, 0.5) is 0 Å². The van der Waals surface area contributed by atoms with E-state index in [9.17, 15) is 9.59 Å². The molecule has 0 aromatic heterocycles. The first-order chi connectivity index (χ1) is 8.99. The Balaban J connectivity index is 2.80. The largest absolute Gasteiger partial charge is 0.497 e. The fraction of sp³-hybridized carbons (Fsp3) is 0.467. The molecule has 0 unspecified atom stereocenters. The van der Waals surface area contributed by atoms with E-state index in [-0.39, 0.29) is 24.6 Å². The molecule has 0 aliphatic carbocycles. The molecule has 0 fully saturated rings. The van der Waals surface area contributed by atoms with E-state index in [4.69, 9.17) is 9.47 Å². The van der Waals surface area contributed by atoms with Gasteiger partial charge in [0.15, 0.2) is 5.78 Å². The summed E-state index contributed by atoms with van der Waals surface area (Å²) in [5.41, 5.74) is 2.40. The Hall–Kier alpha value is -1.84. The number of hydrogen-bond donors (Lipinski definition) is 0. The lowest BCUT2D eigenvalue weighted by molar-refractivity contribution is -0.143. The van der Waals surface area contributed by atoms with Crippen LogP contribution in [-0.4, -0.2) is 25.5 Å². The molecule has 19 heavy (non-hydrogen) atoms. The van der Waals surface area contributed by atoms with Crippen LogP contribution in [0.1, 0.15) is 41.3 Å². The van der Waals surface area contributed by atoms with Gasteiger partial charge < -0.3 is 9.47 Å². The van der Waals surface area contributed by atoms with Crippen LogP contribution in [0.25, 0.3) is 0 Å². The fourth-order valence-electron chi connectivity index (χ4n) is 2.06. The average molecular weight is 264 g/mol. The number of aryl methyl sites for hydroxylation is 2. The Labute approximate surface area is 113 Å². The second kappa shape index (κ2) is 6.92. The molecular weight excluding hydrogens is 244 g/mol. The van der Waals surface area contributed by atoms with Crippen LogP contribution in [-0.2, 0) is 9.53 Å². The zero-order valence-electron chi connectivity index (χ0n) is 11.9. The Kier molecular flexibility index (Phi) is 5.55. The van der Waals surface area contributed by atoms with Crippen molar-refractivity contribution in [2.24, 2.45) is 0 Å². The average Bonchev–Trinajstić information content (AvgIpc) is 2.35. The minimum Gasteiger partial charge on any atom is -0.497 e. The highest BCUT2D eigenvalue weighted by Gasteiger charge is 2.15. The van der Waals surface area contributed by atoms with Gasteiger partial charge >= 0.3 is 5.97 Å². The molecule has 4 nitrogen and oxygen atoms in total. The molecule has 0 saturated carbocycles. The molecule has 1 rings (SSSR count). The number of hydrogen-bond acceptors (Lipinski definition) is 4. The van der Waals surface area contributed by atoms with Crippen molar-refractivity contribution in [2.45, 2.75) is 33.6 Å². The van der Waals surface area contributed by atoms with Crippen LogP contribution in [0.5, 0.6) is 5.75 Å². The van der Waals surface area contributed by atoms with E-state index < -0.39 is 0 Å². The molecule has 0 spiro atoms. The first-order valence-corrected chi connectivity index (χ1v) is 6.33. The summed E-state index contributed by atoms with van der Waals surface area (Å²) in [6, 6.07) is 3.65. The highest BCUT2D eigenvalue weighted by Crippen LogP contribution is 2.23. The summed E-state index contributed by atoms with van der Waals surface area (Å²) in [4.78, 5) is 23.4. The van der Waals surface area contributed by atoms with Gasteiger partial charge in [0.2, 0.25) is 0 Å². The van der Waals surface area contributed by atoms with E-state index >= 15 is 0 Å². The molecule has 0 amide bonds. The minimum absolute atomic E-state index is 0.0364. The maximum absolute atomic E-state index is 12.1. The number of methoxy groups -OCH3 is 1. The highest BCUT2D eigenvalue weighted by molar-refractivity contribution is 6.00. The van der Waals surface area contributed by atoms with E-state index in [1.54, 1.807) is 14.0 Å². The van der Waals surface area contributed by atoms with Crippen LogP contribution >= 0.6 is 0 Å². The lowest BCUT2D eigenvalue weighted by Crippen LogP contribution is -2.10. The molecule has 0 radical (unpaired) electrons. The van der Waals surface area contributed by atoms with Gasteiger partial charge in [0.25, 0.3) is 0 Å². The first-order valence-electron chi connectivity index (χ1n) is 6.33. The van der Waals surface area contributed by atoms with Crippen LogP contribution < -0.4 is 4.74 Å². The number of ketones is 1. The van der Waals surface area contributed by atoms with E-state index in [0.29, 0.717) is 12.2 Å². The summed E-state index contributed by atoms with van der Waals surface area (Å²) in [5, 5.41) is 0. The SMILES string of the molecule is CCOC(=O)CCC(=O)c1c(C)cc(OC)cc1C. The summed E-state index contributed by atoms with van der Waals surface area (Å²) in [7, 11) is 1.59. The molecule has 104 valence electrons. The number of carbonyl (C=O) groups excluding carboxylic acids is 2. The van der Waals surface area contributed by atoms with Crippen LogP contribution in [0.15, 0.2) is 12.1 Å². The van der Waals surface area contributed by atoms with Crippen molar-refractivity contribution < 1.29 is 19.1 Å². The van der Waals surface area contributed by atoms with Gasteiger partial charge in [-0.05, 0) is 44.0 Å². The van der Waals surface area contributed by atoms with Gasteiger partial charge in [-0.3, -0.25) is 9.59 Å². The summed E-state index contributed by atoms with van der Waals surface area (Å²) >= 11 is 0. The molecule has 0 saturated heterocycles. The Bertz CT molecular complexity index is 454. The van der Waals surface area contributed by atoms with Crippen molar-refractivity contribution in [2.75, 3.05) is 13.7 Å². The van der Waals surface area contributed by atoms with E-state index in [0.717, 1.165) is 16.9 Å². The summed E-state index contributed by atoms with van der Waals surface area (Å²) in [6.45, 7) is 5.82. The first kappa shape index (κ1) is 15.2. The number of Topliss-reactive ketones (excluding diaryl/α,β-unsaturated/α-hetero) is 1. The Morgan fingerprint density at radius 3 is 2.16 bits per heavy atom. The zero-order valence-corrected chi connectivity index (χ0v) is 11.9. The molecule has 0 bridgehead atoms. The van der Waals surface area contributed by atoms with Gasteiger partial charge in [0.1, 0.15) is 5.75 Å². The molecule has 0 aliphatic heterocycles. The van der Waals surface area contributed by atoms with Crippen LogP contribution in [0.2, 0.25) is 0 Å². The van der Waals surface area contributed by atoms with Crippen molar-refractivity contribution in [3.05, 3.63) is 28.8 Å². The van der Waals surface area contributed by atoms with Crippen LogP contribution in [0, 0.1) is 13.8 Å². The third kappa shape index (κ3) is 4.09. The quantitative estimate of drug-likeness (QED) is 0.585. The monoisotopic (exact) mass is 264 g/mol. The maximum Gasteiger partial charge on any atom is 0.306 e. The summed E-state index contributed by atoms with van der Waals surface area (Å²) in [5.74, 6) is 0.363. The Morgan fingerprint density at radius 1 is 1.11 bits per heavy atom. The standard InChI is InChI=1S/C15H20O4/c1-5-19-14(17)7-6-13(16)15-10(2)8-12(18-4)9-11(15)3/h8-9H,5-7H2,1-4H3. The fourth-order valence-corrected chi connectivity index (χ4v) is 2.06. The lowest BCUT2D eigenvalue weighted by atomic mass is 9.96. The van der Waals surface area contributed by atoms with Crippen molar-refractivity contribution in [1.82, 2.24) is 0 Å². The predicted molar refractivity (Wildman–Crippen MR) is 72.7 cm³/mol. The second-order valence-corrected chi connectivity index (χ2v) is 4.36. The number of carbonyl (C=O) groups is 2. The minimum atomic E-state index is -0.334. The van der Waals surface area contributed by atoms with Crippen molar-refractivity contribution in [1.29, 1.82) is 0 Å². The van der Waals surface area contributed by atoms with Gasteiger partial charge in [-0.1, -0.05) is 0 Å². The molecular formula is C15H20O4. The zero-order chi connectivity index (χ0) is 14.4. The van der Waals surface area contributed by atoms with E-state index in [1.807, 2.05) is 26.0 Å². The smallest absolute Gasteiger partial charge is 0.306 e. The van der Waals surface area contributed by atoms with Crippen molar-refractivity contribution in [3.63, 3.8) is 0 Å². The van der Waals surface area contributed by atoms with E-state index in [2.05, 4.69) is 0 Å². The second-order valence-electron chi connectivity index (χ2n) is 4.36. The van der Waals surface area contributed by atoms with E-state index in [1.165, 1.54) is 0 Å². The topological polar surface area (TPSA) is 52.6 Å². The van der Waals surface area contributed by atoms with Crippen LogP contribution in [0.3, 0.4) is 0 Å². The summed E-state index contributed by atoms with van der Waals surface area (Å²) < 4.78 is 9.97. The third-order valence-corrected chi connectivity index (χ3v) is 2.88. The lowest BCUT2D eigenvalue weighted by Gasteiger charge is -2.11. The van der Waals surface area contributed by atoms with Gasteiger partial charge in [-0.25, -0.2) is 0 Å². The van der Waals surface area contributed by atoms with Crippen molar-refractivity contribution >= 4 is 11.8 Å². The number of esters is 1. The number of ether oxygens (including phenoxy) is 2. The summed E-state index contributed by atoms with van der Waals surface area (Å²) in [6.07, 6.45) is 0.296. The molecule has 0 aliphatic rings. The Morgan fingerprint density at radius 2 is 1.68 bits per heavy atom. The number of rotatable bonds is 6.